The smallest absolute Gasteiger partial charge is 0.282 e. The van der Waals surface area contributed by atoms with Crippen LogP contribution in [0.5, 0.6) is 0 Å². The minimum Gasteiger partial charge on any atom is -0.325 e. The number of carbonyl (C=O) groups is 3. The maximum atomic E-state index is 12.7. The first-order chi connectivity index (χ1) is 15.9. The van der Waals surface area contributed by atoms with Crippen LogP contribution in [0.3, 0.4) is 0 Å². The lowest BCUT2D eigenvalue weighted by Gasteiger charge is -2.13. The molecule has 1 aromatic heterocycles. The molecule has 10 heteroatoms. The van der Waals surface area contributed by atoms with Crippen LogP contribution in [0.1, 0.15) is 20.7 Å². The molecule has 0 radical (unpaired) electrons. The Labute approximate surface area is 190 Å². The Morgan fingerprint density at radius 1 is 1.03 bits per heavy atom. The number of fused-ring (bicyclic) bond motifs is 2. The zero-order valence-electron chi connectivity index (χ0n) is 16.8. The van der Waals surface area contributed by atoms with Crippen molar-refractivity contribution in [2.45, 2.75) is 0 Å². The van der Waals surface area contributed by atoms with Crippen LogP contribution in [-0.2, 0) is 4.79 Å². The molecule has 4 aromatic rings. The number of nitrogens with one attached hydrogen (secondary N) is 1. The highest BCUT2D eigenvalue weighted by molar-refractivity contribution is 7.21. The first-order valence-electron chi connectivity index (χ1n) is 9.82. The van der Waals surface area contributed by atoms with Crippen LogP contribution in [0.2, 0.25) is 0 Å². The first kappa shape index (κ1) is 20.5. The normalized spacial score (nSPS) is 12.8. The zero-order valence-corrected chi connectivity index (χ0v) is 17.7. The van der Waals surface area contributed by atoms with Gasteiger partial charge in [0.1, 0.15) is 17.1 Å². The van der Waals surface area contributed by atoms with E-state index in [4.69, 9.17) is 0 Å². The molecule has 0 saturated carbocycles. The van der Waals surface area contributed by atoms with Gasteiger partial charge in [0.15, 0.2) is 0 Å². The molecule has 9 nitrogen and oxygen atoms in total. The van der Waals surface area contributed by atoms with E-state index in [0.29, 0.717) is 10.6 Å². The maximum Gasteiger partial charge on any atom is 0.282 e. The van der Waals surface area contributed by atoms with E-state index in [-0.39, 0.29) is 11.1 Å². The van der Waals surface area contributed by atoms with Crippen LogP contribution >= 0.6 is 11.3 Å². The molecule has 0 fully saturated rings. The molecule has 1 aliphatic rings. The minimum absolute atomic E-state index is 0.0835. The average molecular weight is 458 g/mol. The molecule has 33 heavy (non-hydrogen) atoms. The molecule has 0 saturated heterocycles. The van der Waals surface area contributed by atoms with Gasteiger partial charge in [0.2, 0.25) is 5.91 Å². The maximum absolute atomic E-state index is 12.7. The molecular weight excluding hydrogens is 444 g/mol. The highest BCUT2D eigenvalue weighted by Gasteiger charge is 2.41. The monoisotopic (exact) mass is 458 g/mol. The third-order valence-electron chi connectivity index (χ3n) is 5.16. The fraction of sp³-hybridized carbons (Fsp3) is 0.0435. The summed E-state index contributed by atoms with van der Waals surface area (Å²) in [6, 6.07) is 18.7. The summed E-state index contributed by atoms with van der Waals surface area (Å²) < 4.78 is 1.04. The Bertz CT molecular complexity index is 1450. The van der Waals surface area contributed by atoms with Gasteiger partial charge in [0.05, 0.1) is 20.7 Å². The van der Waals surface area contributed by atoms with E-state index in [1.165, 1.54) is 23.5 Å². The Morgan fingerprint density at radius 3 is 2.61 bits per heavy atom. The highest BCUT2D eigenvalue weighted by Crippen LogP contribution is 2.32. The Balaban J connectivity index is 1.34. The van der Waals surface area contributed by atoms with Crippen molar-refractivity contribution in [2.75, 3.05) is 11.9 Å². The van der Waals surface area contributed by atoms with Gasteiger partial charge in [-0.1, -0.05) is 30.3 Å². The summed E-state index contributed by atoms with van der Waals surface area (Å²) in [6.07, 6.45) is 0. The van der Waals surface area contributed by atoms with E-state index in [1.807, 2.05) is 30.3 Å². The second-order valence-electron chi connectivity index (χ2n) is 7.27. The molecule has 0 atom stereocenters. The van der Waals surface area contributed by atoms with Crippen molar-refractivity contribution in [1.82, 2.24) is 9.88 Å². The molecule has 0 aliphatic carbocycles. The van der Waals surface area contributed by atoms with Crippen molar-refractivity contribution in [3.8, 4) is 10.6 Å². The fourth-order valence-corrected chi connectivity index (χ4v) is 4.64. The predicted octanol–water partition coefficient (Wildman–Crippen LogP) is 4.11. The van der Waals surface area contributed by atoms with E-state index < -0.39 is 34.9 Å². The summed E-state index contributed by atoms with van der Waals surface area (Å²) in [7, 11) is 0. The molecule has 0 unspecified atom stereocenters. The number of thiazole rings is 1. The molecule has 3 amide bonds. The first-order valence-corrected chi connectivity index (χ1v) is 10.6. The number of rotatable bonds is 5. The number of nitro benzene ring substituents is 1. The number of imide groups is 1. The van der Waals surface area contributed by atoms with Gasteiger partial charge < -0.3 is 5.32 Å². The van der Waals surface area contributed by atoms with Crippen molar-refractivity contribution in [3.05, 3.63) is 88.0 Å². The average Bonchev–Trinajstić information content (AvgIpc) is 3.34. The number of benzene rings is 3. The second-order valence-corrected chi connectivity index (χ2v) is 8.30. The zero-order chi connectivity index (χ0) is 23.1. The van der Waals surface area contributed by atoms with Crippen LogP contribution in [0.15, 0.2) is 66.7 Å². The summed E-state index contributed by atoms with van der Waals surface area (Å²) in [5.41, 5.74) is 1.33. The van der Waals surface area contributed by atoms with Gasteiger partial charge in [-0.15, -0.1) is 11.3 Å². The van der Waals surface area contributed by atoms with Crippen molar-refractivity contribution >= 4 is 50.6 Å². The number of nitrogens with zero attached hydrogens (tertiary/aromatic N) is 3. The van der Waals surface area contributed by atoms with Crippen LogP contribution in [0.25, 0.3) is 20.8 Å². The van der Waals surface area contributed by atoms with Gasteiger partial charge in [-0.05, 0) is 30.3 Å². The lowest BCUT2D eigenvalue weighted by molar-refractivity contribution is -0.385. The summed E-state index contributed by atoms with van der Waals surface area (Å²) in [4.78, 5) is 53.7. The molecule has 1 aliphatic heterocycles. The fourth-order valence-electron chi connectivity index (χ4n) is 3.68. The lowest BCUT2D eigenvalue weighted by atomic mass is 10.1. The number of amides is 3. The summed E-state index contributed by atoms with van der Waals surface area (Å²) in [5, 5.41) is 14.7. The van der Waals surface area contributed by atoms with Crippen molar-refractivity contribution < 1.29 is 19.3 Å². The lowest BCUT2D eigenvalue weighted by Crippen LogP contribution is -2.37. The molecular formula is C23H14N4O5S. The van der Waals surface area contributed by atoms with E-state index in [0.717, 1.165) is 26.9 Å². The number of nitro groups is 1. The van der Waals surface area contributed by atoms with Gasteiger partial charge in [-0.25, -0.2) is 4.98 Å². The molecule has 2 heterocycles. The standard InChI is InChI=1S/C23H14N4O5S/c28-19(12-26-22(29)15-7-4-9-17(27(31)32)20(15)23(26)30)24-14-6-3-5-13(11-14)21-25-16-8-1-2-10-18(16)33-21/h1-11H,12H2,(H,24,28). The summed E-state index contributed by atoms with van der Waals surface area (Å²) >= 11 is 1.52. The molecule has 1 N–H and O–H groups in total. The van der Waals surface area contributed by atoms with Gasteiger partial charge in [0.25, 0.3) is 17.5 Å². The second kappa shape index (κ2) is 7.92. The minimum atomic E-state index is -0.860. The number of hydrogen-bond acceptors (Lipinski definition) is 7. The van der Waals surface area contributed by atoms with Gasteiger partial charge in [-0.2, -0.15) is 0 Å². The van der Waals surface area contributed by atoms with Gasteiger partial charge in [-0.3, -0.25) is 29.4 Å². The van der Waals surface area contributed by atoms with Crippen LogP contribution in [-0.4, -0.2) is 39.1 Å². The predicted molar refractivity (Wildman–Crippen MR) is 122 cm³/mol. The van der Waals surface area contributed by atoms with Gasteiger partial charge in [0, 0.05) is 17.3 Å². The number of anilines is 1. The molecule has 0 bridgehead atoms. The Hall–Kier alpha value is -4.44. The molecule has 3 aromatic carbocycles. The summed E-state index contributed by atoms with van der Waals surface area (Å²) in [5.74, 6) is -2.20. The highest BCUT2D eigenvalue weighted by atomic mass is 32.1. The third-order valence-corrected chi connectivity index (χ3v) is 6.25. The van der Waals surface area contributed by atoms with E-state index in [1.54, 1.807) is 18.2 Å². The summed E-state index contributed by atoms with van der Waals surface area (Å²) in [6.45, 7) is -0.561. The van der Waals surface area contributed by atoms with Crippen molar-refractivity contribution in [3.63, 3.8) is 0 Å². The van der Waals surface area contributed by atoms with Crippen LogP contribution < -0.4 is 5.32 Å². The molecule has 0 spiro atoms. The van der Waals surface area contributed by atoms with Crippen molar-refractivity contribution in [1.29, 1.82) is 0 Å². The van der Waals surface area contributed by atoms with E-state index >= 15 is 0 Å². The number of para-hydroxylation sites is 1. The molecule has 162 valence electrons. The SMILES string of the molecule is O=C(CN1C(=O)c2cccc([N+](=O)[O-])c2C1=O)Nc1cccc(-c2nc3ccccc3s2)c1. The van der Waals surface area contributed by atoms with E-state index in [9.17, 15) is 24.5 Å². The number of carbonyl (C=O) groups excluding carboxylic acids is 3. The van der Waals surface area contributed by atoms with Crippen LogP contribution in [0.4, 0.5) is 11.4 Å². The van der Waals surface area contributed by atoms with E-state index in [2.05, 4.69) is 10.3 Å². The van der Waals surface area contributed by atoms with Crippen LogP contribution in [0, 0.1) is 10.1 Å². The third kappa shape index (κ3) is 3.62. The largest absolute Gasteiger partial charge is 0.325 e. The van der Waals surface area contributed by atoms with Crippen molar-refractivity contribution in [2.24, 2.45) is 0 Å². The topological polar surface area (TPSA) is 123 Å². The number of hydrogen-bond donors (Lipinski definition) is 1. The van der Waals surface area contributed by atoms with Gasteiger partial charge >= 0.3 is 0 Å². The molecule has 5 rings (SSSR count). The number of aromatic nitrogens is 1. The Kier molecular flexibility index (Phi) is 4.91. The quantitative estimate of drug-likeness (QED) is 0.273. The Morgan fingerprint density at radius 2 is 1.82 bits per heavy atom.